The van der Waals surface area contributed by atoms with Crippen LogP contribution in [-0.4, -0.2) is 24.1 Å². The minimum Gasteiger partial charge on any atom is -0.377 e. The van der Waals surface area contributed by atoms with Crippen LogP contribution in [0.15, 0.2) is 44.7 Å². The summed E-state index contributed by atoms with van der Waals surface area (Å²) in [5.74, 6) is 1.46. The lowest BCUT2D eigenvalue weighted by atomic mass is 10.4. The topological polar surface area (TPSA) is 47.0 Å². The minimum absolute atomic E-state index is 0.404. The summed E-state index contributed by atoms with van der Waals surface area (Å²) in [6, 6.07) is 10.0. The number of nitrogens with zero attached hydrogens (tertiary/aromatic N) is 2. The lowest BCUT2D eigenvalue weighted by Crippen LogP contribution is -2.02. The van der Waals surface area contributed by atoms with Gasteiger partial charge in [-0.1, -0.05) is 33.8 Å². The first-order chi connectivity index (χ1) is 9.21. The fourth-order valence-corrected chi connectivity index (χ4v) is 2.94. The Kier molecular flexibility index (Phi) is 5.18. The van der Waals surface area contributed by atoms with Crippen LogP contribution in [0.5, 0.6) is 0 Å². The smallest absolute Gasteiger partial charge is 0.157 e. The third kappa shape index (κ3) is 4.19. The van der Waals surface area contributed by atoms with E-state index in [1.54, 1.807) is 18.9 Å². The number of nitrogens with one attached hydrogen (secondary N) is 1. The van der Waals surface area contributed by atoms with Crippen molar-refractivity contribution in [1.82, 2.24) is 9.97 Å². The second kappa shape index (κ2) is 6.88. The summed E-state index contributed by atoms with van der Waals surface area (Å²) in [6.07, 6.45) is 0. The quantitative estimate of drug-likeness (QED) is 0.843. The Morgan fingerprint density at radius 1 is 1.32 bits per heavy atom. The summed E-state index contributed by atoms with van der Waals surface area (Å²) >= 11 is 5.06. The molecule has 2 aromatic rings. The summed E-state index contributed by atoms with van der Waals surface area (Å²) in [5, 5.41) is 3.93. The lowest BCUT2D eigenvalue weighted by molar-refractivity contribution is 0.177. The van der Waals surface area contributed by atoms with Gasteiger partial charge in [-0.3, -0.25) is 0 Å². The number of rotatable bonds is 5. The number of aromatic nitrogens is 2. The van der Waals surface area contributed by atoms with Gasteiger partial charge in [-0.2, -0.15) is 0 Å². The molecule has 0 aliphatic heterocycles. The van der Waals surface area contributed by atoms with E-state index in [2.05, 4.69) is 37.3 Å². The van der Waals surface area contributed by atoms with Gasteiger partial charge in [0.15, 0.2) is 5.82 Å². The van der Waals surface area contributed by atoms with Gasteiger partial charge in [0.05, 0.1) is 0 Å². The predicted octanol–water partition coefficient (Wildman–Crippen LogP) is 3.58. The van der Waals surface area contributed by atoms with Gasteiger partial charge in [-0.25, -0.2) is 9.97 Å². The molecule has 0 saturated heterocycles. The monoisotopic (exact) mass is 339 g/mol. The second-order valence-electron chi connectivity index (χ2n) is 3.75. The molecular weight excluding hydrogens is 326 g/mol. The number of hydrogen-bond donors (Lipinski definition) is 1. The zero-order valence-corrected chi connectivity index (χ0v) is 13.1. The van der Waals surface area contributed by atoms with E-state index in [0.29, 0.717) is 12.4 Å². The molecule has 1 heterocycles. The normalized spacial score (nSPS) is 10.5. The number of methoxy groups -OCH3 is 1. The van der Waals surface area contributed by atoms with Crippen molar-refractivity contribution in [2.75, 3.05) is 19.5 Å². The van der Waals surface area contributed by atoms with Crippen LogP contribution in [0, 0.1) is 0 Å². The molecule has 6 heteroatoms. The van der Waals surface area contributed by atoms with Crippen LogP contribution in [0.4, 0.5) is 5.82 Å². The van der Waals surface area contributed by atoms with Crippen LogP contribution in [0.1, 0.15) is 5.82 Å². The van der Waals surface area contributed by atoms with E-state index >= 15 is 0 Å². The highest BCUT2D eigenvalue weighted by molar-refractivity contribution is 9.10. The van der Waals surface area contributed by atoms with Crippen LogP contribution in [0.3, 0.4) is 0 Å². The van der Waals surface area contributed by atoms with Crippen molar-refractivity contribution in [3.63, 3.8) is 0 Å². The first kappa shape index (κ1) is 14.3. The van der Waals surface area contributed by atoms with Crippen molar-refractivity contribution < 1.29 is 4.74 Å². The van der Waals surface area contributed by atoms with Gasteiger partial charge < -0.3 is 10.1 Å². The fourth-order valence-electron chi connectivity index (χ4n) is 1.50. The van der Waals surface area contributed by atoms with Crippen LogP contribution < -0.4 is 5.32 Å². The number of hydrogen-bond acceptors (Lipinski definition) is 5. The van der Waals surface area contributed by atoms with E-state index in [0.717, 1.165) is 20.2 Å². The van der Waals surface area contributed by atoms with E-state index in [1.165, 1.54) is 0 Å². The van der Waals surface area contributed by atoms with Crippen LogP contribution in [-0.2, 0) is 11.3 Å². The molecule has 1 aromatic heterocycles. The summed E-state index contributed by atoms with van der Waals surface area (Å²) in [5.41, 5.74) is 0. The molecule has 100 valence electrons. The van der Waals surface area contributed by atoms with Crippen molar-refractivity contribution in [1.29, 1.82) is 0 Å². The van der Waals surface area contributed by atoms with Crippen molar-refractivity contribution in [3.8, 4) is 0 Å². The van der Waals surface area contributed by atoms with Gasteiger partial charge >= 0.3 is 0 Å². The molecule has 0 fully saturated rings. The van der Waals surface area contributed by atoms with Crippen molar-refractivity contribution in [3.05, 3.63) is 40.6 Å². The first-order valence-electron chi connectivity index (χ1n) is 5.69. The van der Waals surface area contributed by atoms with Crippen LogP contribution >= 0.6 is 27.7 Å². The third-order valence-electron chi connectivity index (χ3n) is 2.30. The molecule has 0 saturated carbocycles. The number of ether oxygens (including phenoxy) is 1. The fraction of sp³-hybridized carbons (Fsp3) is 0.231. The molecule has 0 radical (unpaired) electrons. The SMILES string of the molecule is CNc1cc(Sc2cccc(Br)c2)nc(COC)n1. The molecule has 1 N–H and O–H groups in total. The standard InChI is InChI=1S/C13H14BrN3OS/c1-15-11-7-13(17-12(16-11)8-18-2)19-10-5-3-4-9(14)6-10/h3-7H,8H2,1-2H3,(H,15,16,17). The van der Waals surface area contributed by atoms with Crippen LogP contribution in [0.2, 0.25) is 0 Å². The Balaban J connectivity index is 2.26. The van der Waals surface area contributed by atoms with Crippen molar-refractivity contribution >= 4 is 33.5 Å². The summed E-state index contributed by atoms with van der Waals surface area (Å²) in [6.45, 7) is 0.404. The molecule has 0 bridgehead atoms. The van der Waals surface area contributed by atoms with Gasteiger partial charge in [-0.15, -0.1) is 0 Å². The maximum absolute atomic E-state index is 5.08. The summed E-state index contributed by atoms with van der Waals surface area (Å²) in [7, 11) is 3.48. The van der Waals surface area contributed by atoms with Gasteiger partial charge in [0.25, 0.3) is 0 Å². The molecule has 0 aliphatic rings. The Morgan fingerprint density at radius 2 is 2.16 bits per heavy atom. The predicted molar refractivity (Wildman–Crippen MR) is 80.6 cm³/mol. The average molecular weight is 340 g/mol. The molecule has 19 heavy (non-hydrogen) atoms. The van der Waals surface area contributed by atoms with Crippen molar-refractivity contribution in [2.24, 2.45) is 0 Å². The largest absolute Gasteiger partial charge is 0.377 e. The number of benzene rings is 1. The second-order valence-corrected chi connectivity index (χ2v) is 5.76. The molecule has 4 nitrogen and oxygen atoms in total. The van der Waals surface area contributed by atoms with E-state index in [-0.39, 0.29) is 0 Å². The van der Waals surface area contributed by atoms with E-state index in [1.807, 2.05) is 31.3 Å². The zero-order chi connectivity index (χ0) is 13.7. The van der Waals surface area contributed by atoms with Gasteiger partial charge in [0.1, 0.15) is 17.5 Å². The maximum atomic E-state index is 5.08. The molecule has 0 spiro atoms. The molecular formula is C13H14BrN3OS. The number of anilines is 1. The first-order valence-corrected chi connectivity index (χ1v) is 7.30. The Morgan fingerprint density at radius 3 is 2.84 bits per heavy atom. The zero-order valence-electron chi connectivity index (χ0n) is 10.7. The Labute approximate surface area is 125 Å². The highest BCUT2D eigenvalue weighted by atomic mass is 79.9. The number of halogens is 1. The van der Waals surface area contributed by atoms with E-state index < -0.39 is 0 Å². The van der Waals surface area contributed by atoms with Crippen molar-refractivity contribution in [2.45, 2.75) is 16.5 Å². The molecule has 0 unspecified atom stereocenters. The Hall–Kier alpha value is -1.11. The highest BCUT2D eigenvalue weighted by Crippen LogP contribution is 2.29. The summed E-state index contributed by atoms with van der Waals surface area (Å²) in [4.78, 5) is 9.92. The summed E-state index contributed by atoms with van der Waals surface area (Å²) < 4.78 is 6.14. The molecule has 0 atom stereocenters. The highest BCUT2D eigenvalue weighted by Gasteiger charge is 2.06. The van der Waals surface area contributed by atoms with E-state index in [4.69, 9.17) is 4.74 Å². The molecule has 1 aromatic carbocycles. The molecule has 0 amide bonds. The average Bonchev–Trinajstić information content (AvgIpc) is 2.39. The van der Waals surface area contributed by atoms with E-state index in [9.17, 15) is 0 Å². The van der Waals surface area contributed by atoms with Gasteiger partial charge in [0, 0.05) is 29.6 Å². The Bertz CT molecular complexity index is 565. The third-order valence-corrected chi connectivity index (χ3v) is 3.70. The molecule has 2 rings (SSSR count). The van der Waals surface area contributed by atoms with Gasteiger partial charge in [0.2, 0.25) is 0 Å². The maximum Gasteiger partial charge on any atom is 0.157 e. The lowest BCUT2D eigenvalue weighted by Gasteiger charge is -2.07. The van der Waals surface area contributed by atoms with Gasteiger partial charge in [-0.05, 0) is 18.2 Å². The minimum atomic E-state index is 0.404. The van der Waals surface area contributed by atoms with Crippen LogP contribution in [0.25, 0.3) is 0 Å². The molecule has 0 aliphatic carbocycles.